The molecule has 0 bridgehead atoms. The van der Waals surface area contributed by atoms with Gasteiger partial charge in [-0.1, -0.05) is 73.8 Å². The van der Waals surface area contributed by atoms with Gasteiger partial charge in [-0.3, -0.25) is 0 Å². The van der Waals surface area contributed by atoms with E-state index in [1.54, 1.807) is 24.3 Å². The Labute approximate surface area is 187 Å². The van der Waals surface area contributed by atoms with E-state index in [4.69, 9.17) is 23.2 Å². The number of carboxylic acids is 1. The number of rotatable bonds is 4. The van der Waals surface area contributed by atoms with Gasteiger partial charge in [0.15, 0.2) is 0 Å². The number of aryl methyl sites for hydroxylation is 1. The molecule has 0 amide bonds. The summed E-state index contributed by atoms with van der Waals surface area (Å²) in [6, 6.07) is 9.47. The molecule has 160 valence electrons. The number of benzene rings is 2. The van der Waals surface area contributed by atoms with E-state index in [1.807, 2.05) is 27.7 Å². The molecule has 0 unspecified atom stereocenters. The fraction of sp³-hybridized carbons (Fsp3) is 0.318. The third-order valence-corrected chi connectivity index (χ3v) is 7.75. The number of hydrogen-bond donors (Lipinski definition) is 1. The molecule has 0 fully saturated rings. The summed E-state index contributed by atoms with van der Waals surface area (Å²) in [6.45, 7) is 7.50. The highest BCUT2D eigenvalue weighted by Crippen LogP contribution is 2.46. The summed E-state index contributed by atoms with van der Waals surface area (Å²) < 4.78 is 28.8. The molecule has 0 spiro atoms. The maximum atomic E-state index is 13.7. The predicted octanol–water partition coefficient (Wildman–Crippen LogP) is 5.47. The van der Waals surface area contributed by atoms with E-state index in [9.17, 15) is 18.3 Å². The number of carboxylic acid groups (broad SMARTS) is 1. The number of carbonyl (C=O) groups is 1. The zero-order valence-corrected chi connectivity index (χ0v) is 19.4. The minimum Gasteiger partial charge on any atom is -0.478 e. The number of aliphatic carboxylic acids is 1. The van der Waals surface area contributed by atoms with Gasteiger partial charge >= 0.3 is 5.97 Å². The molecule has 2 aromatic carbocycles. The number of sulfonamides is 1. The van der Waals surface area contributed by atoms with Gasteiger partial charge in [-0.25, -0.2) is 13.2 Å². The third kappa shape index (κ3) is 4.14. The molecule has 3 rings (SSSR count). The number of nitrogens with zero attached hydrogens (tertiary/aromatic N) is 1. The molecule has 0 radical (unpaired) electrons. The lowest BCUT2D eigenvalue weighted by Crippen LogP contribution is -2.45. The molecule has 0 saturated carbocycles. The molecule has 1 N–H and O–H groups in total. The van der Waals surface area contributed by atoms with Crippen molar-refractivity contribution in [3.8, 4) is 0 Å². The average Bonchev–Trinajstić information content (AvgIpc) is 3.06. The second-order valence-corrected chi connectivity index (χ2v) is 11.1. The molecule has 2 atom stereocenters. The summed E-state index contributed by atoms with van der Waals surface area (Å²) in [5.41, 5.74) is 0.807. The van der Waals surface area contributed by atoms with Gasteiger partial charge in [-0.15, -0.1) is 0 Å². The summed E-state index contributed by atoms with van der Waals surface area (Å²) in [4.78, 5) is 12.2. The van der Waals surface area contributed by atoms with Gasteiger partial charge in [0.05, 0.1) is 26.6 Å². The lowest BCUT2D eigenvalue weighted by Gasteiger charge is -2.37. The van der Waals surface area contributed by atoms with Crippen molar-refractivity contribution in [2.24, 2.45) is 5.41 Å². The molecular formula is C22H23Cl2NO4S. The summed E-state index contributed by atoms with van der Waals surface area (Å²) >= 11 is 12.2. The Morgan fingerprint density at radius 1 is 1.03 bits per heavy atom. The van der Waals surface area contributed by atoms with Gasteiger partial charge in [0.1, 0.15) is 0 Å². The Morgan fingerprint density at radius 3 is 2.13 bits per heavy atom. The first-order valence-corrected chi connectivity index (χ1v) is 11.5. The van der Waals surface area contributed by atoms with Gasteiger partial charge in [-0.05, 0) is 42.2 Å². The molecule has 2 aromatic rings. The molecule has 5 nitrogen and oxygen atoms in total. The van der Waals surface area contributed by atoms with Crippen LogP contribution in [0.1, 0.15) is 37.9 Å². The SMILES string of the molecule is Cc1ccc(S(=O)(=O)N2[C@@H](c3ccc(Cl)c(Cl)c3)C(C(=O)O)=C[C@H]2C(C)(C)C)cc1. The minimum absolute atomic E-state index is 0.0102. The molecule has 0 aliphatic carbocycles. The highest BCUT2D eigenvalue weighted by Gasteiger charge is 2.49. The van der Waals surface area contributed by atoms with Crippen LogP contribution in [0.25, 0.3) is 0 Å². The second-order valence-electron chi connectivity index (χ2n) is 8.46. The zero-order valence-electron chi connectivity index (χ0n) is 17.1. The van der Waals surface area contributed by atoms with Crippen molar-refractivity contribution in [3.63, 3.8) is 0 Å². The molecule has 30 heavy (non-hydrogen) atoms. The Bertz CT molecular complexity index is 1120. The highest BCUT2D eigenvalue weighted by molar-refractivity contribution is 7.89. The quantitative estimate of drug-likeness (QED) is 0.646. The Morgan fingerprint density at radius 2 is 1.63 bits per heavy atom. The normalized spacial score (nSPS) is 20.3. The summed E-state index contributed by atoms with van der Waals surface area (Å²) in [5.74, 6) is -1.18. The summed E-state index contributed by atoms with van der Waals surface area (Å²) in [6.07, 6.45) is 1.53. The molecule has 1 heterocycles. The average molecular weight is 468 g/mol. The van der Waals surface area contributed by atoms with Crippen LogP contribution in [-0.2, 0) is 14.8 Å². The zero-order chi connectivity index (χ0) is 22.4. The van der Waals surface area contributed by atoms with Crippen molar-refractivity contribution in [2.75, 3.05) is 0 Å². The fourth-order valence-electron chi connectivity index (χ4n) is 3.58. The molecule has 0 aromatic heterocycles. The first-order chi connectivity index (χ1) is 13.8. The van der Waals surface area contributed by atoms with Crippen LogP contribution in [0.3, 0.4) is 0 Å². The monoisotopic (exact) mass is 467 g/mol. The maximum absolute atomic E-state index is 13.7. The maximum Gasteiger partial charge on any atom is 0.333 e. The Balaban J connectivity index is 2.26. The van der Waals surface area contributed by atoms with Crippen LogP contribution in [0, 0.1) is 12.3 Å². The smallest absolute Gasteiger partial charge is 0.333 e. The van der Waals surface area contributed by atoms with Crippen LogP contribution in [0.15, 0.2) is 59.0 Å². The van der Waals surface area contributed by atoms with Crippen molar-refractivity contribution in [1.82, 2.24) is 4.31 Å². The van der Waals surface area contributed by atoms with Gasteiger partial charge < -0.3 is 5.11 Å². The van der Waals surface area contributed by atoms with E-state index in [2.05, 4.69) is 0 Å². The van der Waals surface area contributed by atoms with Crippen LogP contribution < -0.4 is 0 Å². The first kappa shape index (κ1) is 22.8. The van der Waals surface area contributed by atoms with Crippen molar-refractivity contribution >= 4 is 39.2 Å². The molecule has 0 saturated heterocycles. The van der Waals surface area contributed by atoms with E-state index in [-0.39, 0.29) is 15.5 Å². The third-order valence-electron chi connectivity index (χ3n) is 5.15. The van der Waals surface area contributed by atoms with Gasteiger partial charge in [0.2, 0.25) is 10.0 Å². The minimum atomic E-state index is -4.03. The van der Waals surface area contributed by atoms with Crippen molar-refractivity contribution in [2.45, 2.75) is 44.7 Å². The van der Waals surface area contributed by atoms with Crippen molar-refractivity contribution < 1.29 is 18.3 Å². The van der Waals surface area contributed by atoms with Gasteiger partial charge in [-0.2, -0.15) is 4.31 Å². The number of halogens is 2. The largest absolute Gasteiger partial charge is 0.478 e. The first-order valence-electron chi connectivity index (χ1n) is 9.34. The topological polar surface area (TPSA) is 74.7 Å². The molecule has 1 aliphatic rings. The van der Waals surface area contributed by atoms with E-state index in [0.29, 0.717) is 10.6 Å². The summed E-state index contributed by atoms with van der Waals surface area (Å²) in [7, 11) is -4.03. The van der Waals surface area contributed by atoms with Crippen LogP contribution in [0.2, 0.25) is 10.0 Å². The van der Waals surface area contributed by atoms with Gasteiger partial charge in [0.25, 0.3) is 0 Å². The van der Waals surface area contributed by atoms with Crippen LogP contribution >= 0.6 is 23.2 Å². The van der Waals surface area contributed by atoms with Gasteiger partial charge in [0, 0.05) is 6.04 Å². The van der Waals surface area contributed by atoms with E-state index >= 15 is 0 Å². The van der Waals surface area contributed by atoms with E-state index < -0.39 is 33.5 Å². The Hall–Kier alpha value is -1.86. The molecule has 8 heteroatoms. The van der Waals surface area contributed by atoms with Crippen LogP contribution in [-0.4, -0.2) is 29.8 Å². The van der Waals surface area contributed by atoms with E-state index in [1.165, 1.54) is 28.6 Å². The van der Waals surface area contributed by atoms with Crippen molar-refractivity contribution in [3.05, 3.63) is 75.3 Å². The van der Waals surface area contributed by atoms with Crippen LogP contribution in [0.4, 0.5) is 0 Å². The van der Waals surface area contributed by atoms with Crippen molar-refractivity contribution in [1.29, 1.82) is 0 Å². The molecule has 1 aliphatic heterocycles. The fourth-order valence-corrected chi connectivity index (χ4v) is 5.80. The summed E-state index contributed by atoms with van der Waals surface area (Å²) in [5, 5.41) is 10.4. The second kappa shape index (κ2) is 8.00. The highest BCUT2D eigenvalue weighted by atomic mass is 35.5. The van der Waals surface area contributed by atoms with E-state index in [0.717, 1.165) is 5.56 Å². The lowest BCUT2D eigenvalue weighted by atomic mass is 9.87. The lowest BCUT2D eigenvalue weighted by molar-refractivity contribution is -0.133. The van der Waals surface area contributed by atoms with Crippen LogP contribution in [0.5, 0.6) is 0 Å². The molecular weight excluding hydrogens is 445 g/mol. The standard InChI is InChI=1S/C22H23Cl2NO4S/c1-13-5-8-15(9-6-13)30(28,29)25-19(22(2,3)4)12-16(21(26)27)20(25)14-7-10-17(23)18(24)11-14/h5-12,19-20H,1-4H3,(H,26,27)/t19-,20-/m0/s1. The number of hydrogen-bond acceptors (Lipinski definition) is 3. The Kier molecular flexibility index (Phi) is 6.09. The predicted molar refractivity (Wildman–Crippen MR) is 118 cm³/mol.